The Morgan fingerprint density at radius 3 is 2.57 bits per heavy atom. The SMILES string of the molecule is CC1(NC(=O)CN2[C@@H]3CC[C@H]2CC(CNC(=O)c2cccc(F)c2)C3)COC1. The maximum atomic E-state index is 13.3. The number of halogens is 1. The van der Waals surface area contributed by atoms with Crippen molar-refractivity contribution in [1.29, 1.82) is 0 Å². The second-order valence-electron chi connectivity index (χ2n) is 8.72. The molecule has 0 spiro atoms. The molecule has 4 rings (SSSR count). The van der Waals surface area contributed by atoms with Crippen LogP contribution in [0.3, 0.4) is 0 Å². The molecule has 3 aliphatic heterocycles. The third kappa shape index (κ3) is 4.20. The van der Waals surface area contributed by atoms with Crippen LogP contribution in [0.5, 0.6) is 0 Å². The molecule has 3 aliphatic rings. The lowest BCUT2D eigenvalue weighted by Crippen LogP contribution is -2.62. The predicted octanol–water partition coefficient (Wildman–Crippen LogP) is 1.70. The molecule has 3 saturated heterocycles. The number of hydrogen-bond acceptors (Lipinski definition) is 4. The number of amides is 2. The molecule has 3 atom stereocenters. The zero-order valence-electron chi connectivity index (χ0n) is 16.2. The number of benzene rings is 1. The minimum Gasteiger partial charge on any atom is -0.376 e. The molecular formula is C21H28FN3O3. The van der Waals surface area contributed by atoms with Crippen molar-refractivity contribution in [1.82, 2.24) is 15.5 Å². The first-order valence-corrected chi connectivity index (χ1v) is 10.1. The van der Waals surface area contributed by atoms with Crippen LogP contribution in [-0.2, 0) is 9.53 Å². The molecule has 0 saturated carbocycles. The lowest BCUT2D eigenvalue weighted by atomic mass is 9.90. The second kappa shape index (κ2) is 7.79. The Balaban J connectivity index is 1.26. The van der Waals surface area contributed by atoms with Crippen LogP contribution >= 0.6 is 0 Å². The smallest absolute Gasteiger partial charge is 0.251 e. The number of nitrogens with zero attached hydrogens (tertiary/aromatic N) is 1. The Morgan fingerprint density at radius 1 is 1.25 bits per heavy atom. The van der Waals surface area contributed by atoms with E-state index in [1.807, 2.05) is 6.92 Å². The molecule has 152 valence electrons. The fourth-order valence-electron chi connectivity index (χ4n) is 4.80. The first-order valence-electron chi connectivity index (χ1n) is 10.1. The van der Waals surface area contributed by atoms with E-state index in [4.69, 9.17) is 4.74 Å². The predicted molar refractivity (Wildman–Crippen MR) is 102 cm³/mol. The number of ether oxygens (including phenoxy) is 1. The van der Waals surface area contributed by atoms with E-state index >= 15 is 0 Å². The molecular weight excluding hydrogens is 361 g/mol. The number of nitrogens with one attached hydrogen (secondary N) is 2. The summed E-state index contributed by atoms with van der Waals surface area (Å²) >= 11 is 0. The van der Waals surface area contributed by atoms with Gasteiger partial charge in [-0.3, -0.25) is 14.5 Å². The second-order valence-corrected chi connectivity index (χ2v) is 8.72. The van der Waals surface area contributed by atoms with Crippen molar-refractivity contribution in [2.75, 3.05) is 26.3 Å². The van der Waals surface area contributed by atoms with Gasteiger partial charge in [-0.25, -0.2) is 4.39 Å². The number of carbonyl (C=O) groups is 2. The van der Waals surface area contributed by atoms with Crippen LogP contribution < -0.4 is 10.6 Å². The summed E-state index contributed by atoms with van der Waals surface area (Å²) in [6.45, 7) is 4.21. The van der Waals surface area contributed by atoms with Crippen LogP contribution in [0.2, 0.25) is 0 Å². The summed E-state index contributed by atoms with van der Waals surface area (Å²) in [5, 5.41) is 6.04. The summed E-state index contributed by atoms with van der Waals surface area (Å²) in [7, 11) is 0. The van der Waals surface area contributed by atoms with Gasteiger partial charge in [-0.05, 0) is 56.7 Å². The summed E-state index contributed by atoms with van der Waals surface area (Å²) in [6.07, 6.45) is 4.17. The van der Waals surface area contributed by atoms with Gasteiger partial charge in [0, 0.05) is 24.2 Å². The van der Waals surface area contributed by atoms with E-state index in [-0.39, 0.29) is 17.4 Å². The summed E-state index contributed by atoms with van der Waals surface area (Å²) in [6, 6.07) is 6.55. The van der Waals surface area contributed by atoms with Gasteiger partial charge < -0.3 is 15.4 Å². The Morgan fingerprint density at radius 2 is 1.96 bits per heavy atom. The maximum absolute atomic E-state index is 13.3. The van der Waals surface area contributed by atoms with E-state index in [1.54, 1.807) is 12.1 Å². The highest BCUT2D eigenvalue weighted by Gasteiger charge is 2.42. The molecule has 2 N–H and O–H groups in total. The molecule has 1 aromatic carbocycles. The van der Waals surface area contributed by atoms with Crippen molar-refractivity contribution in [2.45, 2.75) is 50.2 Å². The summed E-state index contributed by atoms with van der Waals surface area (Å²) in [4.78, 5) is 27.0. The van der Waals surface area contributed by atoms with Gasteiger partial charge in [-0.1, -0.05) is 6.07 Å². The van der Waals surface area contributed by atoms with E-state index in [2.05, 4.69) is 15.5 Å². The van der Waals surface area contributed by atoms with Crippen LogP contribution in [0.15, 0.2) is 24.3 Å². The van der Waals surface area contributed by atoms with Gasteiger partial charge in [-0.2, -0.15) is 0 Å². The Kier molecular flexibility index (Phi) is 5.38. The van der Waals surface area contributed by atoms with Gasteiger partial charge in [0.25, 0.3) is 5.91 Å². The van der Waals surface area contributed by atoms with Crippen LogP contribution in [0.1, 0.15) is 43.0 Å². The highest BCUT2D eigenvalue weighted by molar-refractivity contribution is 5.94. The van der Waals surface area contributed by atoms with Crippen LogP contribution in [-0.4, -0.2) is 60.6 Å². The monoisotopic (exact) mass is 389 g/mol. The highest BCUT2D eigenvalue weighted by atomic mass is 19.1. The van der Waals surface area contributed by atoms with Gasteiger partial charge in [0.15, 0.2) is 0 Å². The summed E-state index contributed by atoms with van der Waals surface area (Å²) in [5.41, 5.74) is 0.140. The van der Waals surface area contributed by atoms with E-state index in [9.17, 15) is 14.0 Å². The lowest BCUT2D eigenvalue weighted by Gasteiger charge is -2.41. The van der Waals surface area contributed by atoms with Gasteiger partial charge >= 0.3 is 0 Å². The number of rotatable bonds is 6. The van der Waals surface area contributed by atoms with Gasteiger partial charge in [0.2, 0.25) is 5.91 Å². The molecule has 0 radical (unpaired) electrons. The molecule has 7 heteroatoms. The van der Waals surface area contributed by atoms with E-state index < -0.39 is 5.82 Å². The summed E-state index contributed by atoms with van der Waals surface area (Å²) in [5.74, 6) is -0.170. The highest BCUT2D eigenvalue weighted by Crippen LogP contribution is 2.38. The fraction of sp³-hybridized carbons (Fsp3) is 0.619. The summed E-state index contributed by atoms with van der Waals surface area (Å²) < 4.78 is 18.5. The van der Waals surface area contributed by atoms with Crippen LogP contribution in [0.25, 0.3) is 0 Å². The molecule has 1 aromatic rings. The third-order valence-corrected chi connectivity index (χ3v) is 6.23. The van der Waals surface area contributed by atoms with Crippen LogP contribution in [0, 0.1) is 11.7 Å². The Labute approximate surface area is 164 Å². The van der Waals surface area contributed by atoms with Gasteiger partial charge in [0.1, 0.15) is 5.82 Å². The molecule has 1 unspecified atom stereocenters. The van der Waals surface area contributed by atoms with Crippen molar-refractivity contribution < 1.29 is 18.7 Å². The average Bonchev–Trinajstić information content (AvgIpc) is 2.87. The topological polar surface area (TPSA) is 70.7 Å². The number of carbonyl (C=O) groups excluding carboxylic acids is 2. The average molecular weight is 389 g/mol. The minimum absolute atomic E-state index is 0.0700. The minimum atomic E-state index is -0.403. The van der Waals surface area contributed by atoms with Crippen molar-refractivity contribution in [3.8, 4) is 0 Å². The first-order chi connectivity index (χ1) is 13.4. The molecule has 0 aromatic heterocycles. The lowest BCUT2D eigenvalue weighted by molar-refractivity contribution is -0.133. The molecule has 2 bridgehead atoms. The number of fused-ring (bicyclic) bond motifs is 2. The van der Waals surface area contributed by atoms with E-state index in [1.165, 1.54) is 12.1 Å². The Hall–Kier alpha value is -1.99. The normalized spacial score (nSPS) is 28.4. The fourth-order valence-corrected chi connectivity index (χ4v) is 4.80. The van der Waals surface area contributed by atoms with Crippen LogP contribution in [0.4, 0.5) is 4.39 Å². The standard InChI is InChI=1S/C21H28FN3O3/c1-21(12-28-13-21)24-19(26)11-25-17-5-6-18(25)8-14(7-17)10-23-20(27)15-3-2-4-16(22)9-15/h2-4,9,14,17-18H,5-8,10-13H2,1H3,(H,23,27)(H,24,26)/t14?,17-,18+. The van der Waals surface area contributed by atoms with Crippen molar-refractivity contribution in [3.05, 3.63) is 35.6 Å². The third-order valence-electron chi connectivity index (χ3n) is 6.23. The maximum Gasteiger partial charge on any atom is 0.251 e. The van der Waals surface area contributed by atoms with E-state index in [0.717, 1.165) is 25.7 Å². The molecule has 3 fully saturated rings. The van der Waals surface area contributed by atoms with Crippen molar-refractivity contribution >= 4 is 11.8 Å². The molecule has 3 heterocycles. The Bertz CT molecular complexity index is 738. The quantitative estimate of drug-likeness (QED) is 0.777. The van der Waals surface area contributed by atoms with Crippen molar-refractivity contribution in [3.63, 3.8) is 0 Å². The number of hydrogen-bond donors (Lipinski definition) is 2. The zero-order valence-corrected chi connectivity index (χ0v) is 16.2. The first kappa shape index (κ1) is 19.3. The number of piperidine rings is 1. The molecule has 28 heavy (non-hydrogen) atoms. The largest absolute Gasteiger partial charge is 0.376 e. The zero-order chi connectivity index (χ0) is 19.7. The van der Waals surface area contributed by atoms with Crippen molar-refractivity contribution in [2.24, 2.45) is 5.92 Å². The van der Waals surface area contributed by atoms with E-state index in [0.29, 0.717) is 49.9 Å². The molecule has 2 amide bonds. The molecule has 0 aliphatic carbocycles. The molecule has 6 nitrogen and oxygen atoms in total. The van der Waals surface area contributed by atoms with Gasteiger partial charge in [-0.15, -0.1) is 0 Å². The van der Waals surface area contributed by atoms with Gasteiger partial charge in [0.05, 0.1) is 25.3 Å².